The highest BCUT2D eigenvalue weighted by molar-refractivity contribution is 7.90. The smallest absolute Gasteiger partial charge is 0.391 e. The first-order valence-corrected chi connectivity index (χ1v) is 7.39. The van der Waals surface area contributed by atoms with Gasteiger partial charge < -0.3 is 5.11 Å². The van der Waals surface area contributed by atoms with E-state index in [0.717, 1.165) is 0 Å². The van der Waals surface area contributed by atoms with Crippen LogP contribution in [0.3, 0.4) is 0 Å². The third-order valence-electron chi connectivity index (χ3n) is 3.29. The fourth-order valence-corrected chi connectivity index (χ4v) is 3.77. The molecule has 2 N–H and O–H groups in total. The monoisotopic (exact) mass is 303 g/mol. The van der Waals surface area contributed by atoms with Crippen molar-refractivity contribution in [1.29, 1.82) is 0 Å². The standard InChI is InChI=1S/C10H16F3NO4S/c1-6(9(15)16)14-19(17,18)8-4-2-7(3-5-8)10(11,12)13/h6-8,14H,2-5H2,1H3,(H,15,16). The number of aliphatic carboxylic acids is 1. The Morgan fingerprint density at radius 2 is 1.74 bits per heavy atom. The van der Waals surface area contributed by atoms with E-state index in [2.05, 4.69) is 0 Å². The molecule has 0 aromatic rings. The maximum Gasteiger partial charge on any atom is 0.391 e. The van der Waals surface area contributed by atoms with Crippen molar-refractivity contribution < 1.29 is 31.5 Å². The molecular formula is C10H16F3NO4S. The Morgan fingerprint density at radius 3 is 2.11 bits per heavy atom. The summed E-state index contributed by atoms with van der Waals surface area (Å²) in [6.07, 6.45) is -4.98. The molecule has 1 saturated carbocycles. The van der Waals surface area contributed by atoms with E-state index >= 15 is 0 Å². The van der Waals surface area contributed by atoms with Crippen LogP contribution in [0.5, 0.6) is 0 Å². The SMILES string of the molecule is CC(NS(=O)(=O)C1CCC(C(F)(F)F)CC1)C(=O)O. The number of carboxylic acid groups (broad SMARTS) is 1. The number of alkyl halides is 3. The number of nitrogens with one attached hydrogen (secondary N) is 1. The number of hydrogen-bond donors (Lipinski definition) is 2. The first-order valence-electron chi connectivity index (χ1n) is 5.84. The summed E-state index contributed by atoms with van der Waals surface area (Å²) in [6.45, 7) is 1.17. The van der Waals surface area contributed by atoms with Crippen molar-refractivity contribution in [2.75, 3.05) is 0 Å². The fraction of sp³-hybridized carbons (Fsp3) is 0.900. The molecule has 1 fully saturated rings. The summed E-state index contributed by atoms with van der Waals surface area (Å²) in [5.41, 5.74) is 0. The molecule has 5 nitrogen and oxygen atoms in total. The summed E-state index contributed by atoms with van der Waals surface area (Å²) >= 11 is 0. The van der Waals surface area contributed by atoms with E-state index in [4.69, 9.17) is 5.11 Å². The van der Waals surface area contributed by atoms with Crippen LogP contribution in [0.2, 0.25) is 0 Å². The van der Waals surface area contributed by atoms with Gasteiger partial charge in [-0.15, -0.1) is 0 Å². The minimum absolute atomic E-state index is 0.105. The molecule has 0 aromatic heterocycles. The lowest BCUT2D eigenvalue weighted by atomic mass is 9.88. The summed E-state index contributed by atoms with van der Waals surface area (Å²) in [7, 11) is -3.89. The third kappa shape index (κ3) is 4.34. The molecule has 1 rings (SSSR count). The Bertz CT molecular complexity index is 427. The van der Waals surface area contributed by atoms with E-state index in [9.17, 15) is 26.4 Å². The van der Waals surface area contributed by atoms with E-state index in [1.165, 1.54) is 6.92 Å². The molecular weight excluding hydrogens is 287 g/mol. The Kier molecular flexibility index (Phi) is 4.83. The van der Waals surface area contributed by atoms with Gasteiger partial charge in [0.2, 0.25) is 10.0 Å². The molecule has 9 heteroatoms. The summed E-state index contributed by atoms with van der Waals surface area (Å²) in [6, 6.07) is -1.29. The van der Waals surface area contributed by atoms with Crippen LogP contribution in [0.4, 0.5) is 13.2 Å². The quantitative estimate of drug-likeness (QED) is 0.824. The van der Waals surface area contributed by atoms with Crippen LogP contribution >= 0.6 is 0 Å². The molecule has 19 heavy (non-hydrogen) atoms. The molecule has 1 atom stereocenters. The second kappa shape index (κ2) is 5.66. The highest BCUT2D eigenvalue weighted by Crippen LogP contribution is 2.38. The lowest BCUT2D eigenvalue weighted by molar-refractivity contribution is -0.181. The summed E-state index contributed by atoms with van der Waals surface area (Å²) in [4.78, 5) is 10.6. The fourth-order valence-electron chi connectivity index (χ4n) is 2.09. The van der Waals surface area contributed by atoms with Gasteiger partial charge in [0.25, 0.3) is 0 Å². The molecule has 0 radical (unpaired) electrons. The van der Waals surface area contributed by atoms with Crippen molar-refractivity contribution in [2.45, 2.75) is 50.1 Å². The summed E-state index contributed by atoms with van der Waals surface area (Å²) in [5, 5.41) is 7.67. The third-order valence-corrected chi connectivity index (χ3v) is 5.32. The van der Waals surface area contributed by atoms with Crippen molar-refractivity contribution >= 4 is 16.0 Å². The van der Waals surface area contributed by atoms with Crippen LogP contribution in [-0.2, 0) is 14.8 Å². The molecule has 0 amide bonds. The molecule has 0 spiro atoms. The molecule has 0 aromatic carbocycles. The van der Waals surface area contributed by atoms with E-state index in [1.807, 2.05) is 4.72 Å². The van der Waals surface area contributed by atoms with Gasteiger partial charge in [-0.3, -0.25) is 4.79 Å². The zero-order valence-corrected chi connectivity index (χ0v) is 11.1. The van der Waals surface area contributed by atoms with Gasteiger partial charge in [0.15, 0.2) is 0 Å². The predicted octanol–water partition coefficient (Wildman–Crippen LogP) is 1.50. The lowest BCUT2D eigenvalue weighted by Crippen LogP contribution is -2.45. The van der Waals surface area contributed by atoms with Gasteiger partial charge in [0.05, 0.1) is 11.2 Å². The topological polar surface area (TPSA) is 83.5 Å². The highest BCUT2D eigenvalue weighted by atomic mass is 32.2. The molecule has 0 saturated heterocycles. The maximum atomic E-state index is 12.4. The van der Waals surface area contributed by atoms with E-state index in [-0.39, 0.29) is 25.7 Å². The van der Waals surface area contributed by atoms with Gasteiger partial charge in [0, 0.05) is 0 Å². The maximum absolute atomic E-state index is 12.4. The van der Waals surface area contributed by atoms with Crippen molar-refractivity contribution in [3.8, 4) is 0 Å². The van der Waals surface area contributed by atoms with Crippen molar-refractivity contribution in [2.24, 2.45) is 5.92 Å². The lowest BCUT2D eigenvalue weighted by Gasteiger charge is -2.30. The highest BCUT2D eigenvalue weighted by Gasteiger charge is 2.43. The van der Waals surface area contributed by atoms with Crippen LogP contribution < -0.4 is 4.72 Å². The second-order valence-electron chi connectivity index (χ2n) is 4.74. The molecule has 1 aliphatic carbocycles. The van der Waals surface area contributed by atoms with Crippen LogP contribution in [0.25, 0.3) is 0 Å². The number of carboxylic acids is 1. The van der Waals surface area contributed by atoms with Crippen molar-refractivity contribution in [3.63, 3.8) is 0 Å². The molecule has 0 bridgehead atoms. The molecule has 0 aliphatic heterocycles. The number of carbonyl (C=O) groups is 1. The van der Waals surface area contributed by atoms with Crippen LogP contribution in [-0.4, -0.2) is 37.0 Å². The summed E-state index contributed by atoms with van der Waals surface area (Å²) < 4.78 is 62.9. The van der Waals surface area contributed by atoms with E-state index in [1.54, 1.807) is 0 Å². The van der Waals surface area contributed by atoms with E-state index < -0.39 is 39.4 Å². The Hall–Kier alpha value is -0.830. The average Bonchev–Trinajstić information content (AvgIpc) is 2.27. The average molecular weight is 303 g/mol. The normalized spacial score (nSPS) is 26.9. The number of hydrogen-bond acceptors (Lipinski definition) is 3. The Morgan fingerprint density at radius 1 is 1.26 bits per heavy atom. The van der Waals surface area contributed by atoms with Gasteiger partial charge in [-0.05, 0) is 32.6 Å². The minimum Gasteiger partial charge on any atom is -0.480 e. The number of rotatable bonds is 4. The van der Waals surface area contributed by atoms with Gasteiger partial charge in [-0.25, -0.2) is 13.1 Å². The largest absolute Gasteiger partial charge is 0.480 e. The number of sulfonamides is 1. The van der Waals surface area contributed by atoms with Gasteiger partial charge >= 0.3 is 12.1 Å². The molecule has 1 unspecified atom stereocenters. The molecule has 112 valence electrons. The Labute approximate surface area is 109 Å². The second-order valence-corrected chi connectivity index (χ2v) is 6.73. The van der Waals surface area contributed by atoms with Gasteiger partial charge in [-0.2, -0.15) is 13.2 Å². The van der Waals surface area contributed by atoms with Crippen LogP contribution in [0.1, 0.15) is 32.6 Å². The van der Waals surface area contributed by atoms with Crippen molar-refractivity contribution in [1.82, 2.24) is 4.72 Å². The predicted molar refractivity (Wildman–Crippen MR) is 61.0 cm³/mol. The van der Waals surface area contributed by atoms with Gasteiger partial charge in [0.1, 0.15) is 6.04 Å². The minimum atomic E-state index is -4.30. The number of halogens is 3. The molecule has 1 aliphatic rings. The zero-order valence-electron chi connectivity index (χ0n) is 10.3. The first kappa shape index (κ1) is 16.2. The van der Waals surface area contributed by atoms with Crippen LogP contribution in [0.15, 0.2) is 0 Å². The molecule has 0 heterocycles. The van der Waals surface area contributed by atoms with E-state index in [0.29, 0.717) is 0 Å². The first-order chi connectivity index (χ1) is 8.54. The Balaban J connectivity index is 2.62. The summed E-state index contributed by atoms with van der Waals surface area (Å²) in [5.74, 6) is -2.79. The van der Waals surface area contributed by atoms with Crippen LogP contribution in [0, 0.1) is 5.92 Å². The van der Waals surface area contributed by atoms with Gasteiger partial charge in [-0.1, -0.05) is 0 Å². The zero-order chi connectivity index (χ0) is 14.8. The van der Waals surface area contributed by atoms with Crippen molar-refractivity contribution in [3.05, 3.63) is 0 Å².